The first-order valence-corrected chi connectivity index (χ1v) is 11.9. The summed E-state index contributed by atoms with van der Waals surface area (Å²) in [5.74, 6) is 0.733. The second-order valence-electron chi connectivity index (χ2n) is 9.38. The highest BCUT2D eigenvalue weighted by molar-refractivity contribution is 6.33. The van der Waals surface area contributed by atoms with E-state index in [4.69, 9.17) is 16.3 Å². The third-order valence-corrected chi connectivity index (χ3v) is 5.94. The maximum absolute atomic E-state index is 12.6. The Balaban J connectivity index is 1.57. The molecule has 33 heavy (non-hydrogen) atoms. The molecule has 0 atom stereocenters. The minimum atomic E-state index is -0.373. The van der Waals surface area contributed by atoms with E-state index in [1.54, 1.807) is 18.2 Å². The third kappa shape index (κ3) is 6.64. The van der Waals surface area contributed by atoms with E-state index in [1.807, 2.05) is 49.9 Å². The first kappa shape index (κ1) is 24.9. The van der Waals surface area contributed by atoms with Crippen LogP contribution in [-0.2, 0) is 4.79 Å². The van der Waals surface area contributed by atoms with Gasteiger partial charge >= 0.3 is 0 Å². The summed E-state index contributed by atoms with van der Waals surface area (Å²) in [4.78, 5) is 29.2. The Hall–Kier alpha value is -2.73. The first-order chi connectivity index (χ1) is 15.7. The second kappa shape index (κ2) is 10.9. The second-order valence-corrected chi connectivity index (χ2v) is 9.78. The molecule has 0 unspecified atom stereocenters. The number of rotatable bonds is 7. The van der Waals surface area contributed by atoms with Crippen LogP contribution in [0, 0.1) is 5.41 Å². The Bertz CT molecular complexity index is 962. The van der Waals surface area contributed by atoms with Crippen LogP contribution in [0.1, 0.15) is 50.9 Å². The zero-order valence-corrected chi connectivity index (χ0v) is 20.7. The maximum Gasteiger partial charge on any atom is 0.255 e. The van der Waals surface area contributed by atoms with Crippen LogP contribution in [-0.4, -0.2) is 49.5 Å². The van der Waals surface area contributed by atoms with Gasteiger partial charge in [-0.15, -0.1) is 0 Å². The quantitative estimate of drug-likeness (QED) is 0.544. The summed E-state index contributed by atoms with van der Waals surface area (Å²) < 4.78 is 5.65. The molecule has 178 valence electrons. The van der Waals surface area contributed by atoms with Crippen LogP contribution in [0.25, 0.3) is 0 Å². The molecule has 2 aromatic rings. The van der Waals surface area contributed by atoms with Gasteiger partial charge in [-0.25, -0.2) is 0 Å². The van der Waals surface area contributed by atoms with Crippen molar-refractivity contribution in [2.75, 3.05) is 43.0 Å². The van der Waals surface area contributed by atoms with Gasteiger partial charge in [0.05, 0.1) is 17.3 Å². The Labute approximate surface area is 201 Å². The lowest BCUT2D eigenvalue weighted by molar-refractivity contribution is -0.139. The van der Waals surface area contributed by atoms with Crippen molar-refractivity contribution in [3.05, 3.63) is 53.1 Å². The molecule has 0 spiro atoms. The standard InChI is InChI=1S/C26H34ClN3O3/c1-5-6-17-33-21-10-7-19(8-11-21)24(31)28-20-9-12-23(22(27)18-20)29-13-15-30(16-14-29)25(32)26(2,3)4/h7-12,18H,5-6,13-17H2,1-4H3,(H,28,31). The van der Waals surface area contributed by atoms with E-state index in [9.17, 15) is 9.59 Å². The van der Waals surface area contributed by atoms with Gasteiger partial charge < -0.3 is 19.9 Å². The van der Waals surface area contributed by atoms with Crippen LogP contribution >= 0.6 is 11.6 Å². The van der Waals surface area contributed by atoms with E-state index in [2.05, 4.69) is 17.1 Å². The molecular formula is C26H34ClN3O3. The zero-order chi connectivity index (χ0) is 24.0. The third-order valence-electron chi connectivity index (χ3n) is 5.64. The Morgan fingerprint density at radius 1 is 1.03 bits per heavy atom. The number of piperazine rings is 1. The highest BCUT2D eigenvalue weighted by Gasteiger charge is 2.30. The number of nitrogens with one attached hydrogen (secondary N) is 1. The topological polar surface area (TPSA) is 61.9 Å². The van der Waals surface area contributed by atoms with Crippen molar-refractivity contribution in [3.8, 4) is 5.75 Å². The van der Waals surface area contributed by atoms with Crippen molar-refractivity contribution >= 4 is 34.8 Å². The fraction of sp³-hybridized carbons (Fsp3) is 0.462. The maximum atomic E-state index is 12.6. The molecule has 1 aliphatic heterocycles. The highest BCUT2D eigenvalue weighted by Crippen LogP contribution is 2.30. The molecule has 1 aliphatic rings. The van der Waals surface area contributed by atoms with Crippen molar-refractivity contribution in [2.45, 2.75) is 40.5 Å². The zero-order valence-electron chi connectivity index (χ0n) is 20.0. The molecule has 0 aromatic heterocycles. The lowest BCUT2D eigenvalue weighted by Crippen LogP contribution is -2.51. The number of carbonyl (C=O) groups is 2. The Morgan fingerprint density at radius 2 is 1.70 bits per heavy atom. The summed E-state index contributed by atoms with van der Waals surface area (Å²) in [6.07, 6.45) is 2.08. The lowest BCUT2D eigenvalue weighted by Gasteiger charge is -2.39. The van der Waals surface area contributed by atoms with Crippen LogP contribution in [0.3, 0.4) is 0 Å². The summed E-state index contributed by atoms with van der Waals surface area (Å²) in [6.45, 7) is 11.4. The van der Waals surface area contributed by atoms with Crippen LogP contribution in [0.15, 0.2) is 42.5 Å². The fourth-order valence-corrected chi connectivity index (χ4v) is 4.01. The number of benzene rings is 2. The monoisotopic (exact) mass is 471 g/mol. The smallest absolute Gasteiger partial charge is 0.255 e. The molecule has 0 saturated carbocycles. The summed E-state index contributed by atoms with van der Waals surface area (Å²) in [7, 11) is 0. The predicted octanol–water partition coefficient (Wildman–Crippen LogP) is 5.47. The average molecular weight is 472 g/mol. The number of unbranched alkanes of at least 4 members (excludes halogenated alkanes) is 1. The molecule has 0 bridgehead atoms. The molecular weight excluding hydrogens is 438 g/mol. The van der Waals surface area contributed by atoms with Gasteiger partial charge in [-0.2, -0.15) is 0 Å². The number of hydrogen-bond donors (Lipinski definition) is 1. The number of ether oxygens (including phenoxy) is 1. The number of anilines is 2. The van der Waals surface area contributed by atoms with Gasteiger partial charge in [0.15, 0.2) is 0 Å². The van der Waals surface area contributed by atoms with Gasteiger partial charge in [0, 0.05) is 42.8 Å². The fourth-order valence-electron chi connectivity index (χ4n) is 3.71. The van der Waals surface area contributed by atoms with Crippen molar-refractivity contribution in [1.29, 1.82) is 0 Å². The molecule has 0 radical (unpaired) electrons. The number of carbonyl (C=O) groups excluding carboxylic acids is 2. The van der Waals surface area contributed by atoms with Crippen molar-refractivity contribution < 1.29 is 14.3 Å². The molecule has 1 heterocycles. The van der Waals surface area contributed by atoms with Gasteiger partial charge in [-0.1, -0.05) is 45.7 Å². The van der Waals surface area contributed by atoms with Crippen molar-refractivity contribution in [2.24, 2.45) is 5.41 Å². The van der Waals surface area contributed by atoms with Gasteiger partial charge in [0.25, 0.3) is 5.91 Å². The highest BCUT2D eigenvalue weighted by atomic mass is 35.5. The van der Waals surface area contributed by atoms with E-state index in [0.29, 0.717) is 36.0 Å². The molecule has 1 saturated heterocycles. The van der Waals surface area contributed by atoms with E-state index >= 15 is 0 Å². The lowest BCUT2D eigenvalue weighted by atomic mass is 9.94. The summed E-state index contributed by atoms with van der Waals surface area (Å²) >= 11 is 6.55. The molecule has 7 heteroatoms. The van der Waals surface area contributed by atoms with Gasteiger partial charge in [0.1, 0.15) is 5.75 Å². The van der Waals surface area contributed by atoms with Crippen molar-refractivity contribution in [1.82, 2.24) is 4.90 Å². The molecule has 1 fully saturated rings. The molecule has 3 rings (SSSR count). The molecule has 6 nitrogen and oxygen atoms in total. The van der Waals surface area contributed by atoms with Crippen molar-refractivity contribution in [3.63, 3.8) is 0 Å². The SMILES string of the molecule is CCCCOc1ccc(C(=O)Nc2ccc(N3CCN(C(=O)C(C)(C)C)CC3)c(Cl)c2)cc1. The van der Waals surface area contributed by atoms with Crippen LogP contribution in [0.5, 0.6) is 5.75 Å². The molecule has 1 N–H and O–H groups in total. The largest absolute Gasteiger partial charge is 0.494 e. The van der Waals surface area contributed by atoms with E-state index in [-0.39, 0.29) is 17.2 Å². The number of amides is 2. The van der Waals surface area contributed by atoms with E-state index in [0.717, 1.165) is 37.4 Å². The summed E-state index contributed by atoms with van der Waals surface area (Å²) in [5, 5.41) is 3.48. The molecule has 2 amide bonds. The predicted molar refractivity (Wildman–Crippen MR) is 134 cm³/mol. The summed E-state index contributed by atoms with van der Waals surface area (Å²) in [6, 6.07) is 12.7. The van der Waals surface area contributed by atoms with E-state index < -0.39 is 0 Å². The first-order valence-electron chi connectivity index (χ1n) is 11.6. The minimum Gasteiger partial charge on any atom is -0.494 e. The van der Waals surface area contributed by atoms with Gasteiger partial charge in [-0.05, 0) is 48.9 Å². The number of halogens is 1. The normalized spacial score (nSPS) is 14.2. The van der Waals surface area contributed by atoms with E-state index in [1.165, 1.54) is 0 Å². The summed E-state index contributed by atoms with van der Waals surface area (Å²) in [5.41, 5.74) is 1.73. The Kier molecular flexibility index (Phi) is 8.25. The van der Waals surface area contributed by atoms with Crippen LogP contribution in [0.4, 0.5) is 11.4 Å². The van der Waals surface area contributed by atoms with Crippen LogP contribution < -0.4 is 15.0 Å². The van der Waals surface area contributed by atoms with Gasteiger partial charge in [-0.3, -0.25) is 9.59 Å². The van der Waals surface area contributed by atoms with Crippen LogP contribution in [0.2, 0.25) is 5.02 Å². The molecule has 2 aromatic carbocycles. The average Bonchev–Trinajstić information content (AvgIpc) is 2.79. The Morgan fingerprint density at radius 3 is 2.27 bits per heavy atom. The van der Waals surface area contributed by atoms with Gasteiger partial charge in [0.2, 0.25) is 5.91 Å². The molecule has 0 aliphatic carbocycles. The minimum absolute atomic E-state index is 0.173. The number of hydrogen-bond acceptors (Lipinski definition) is 4. The number of nitrogens with zero attached hydrogens (tertiary/aromatic N) is 2.